The molecule has 0 heterocycles. The molecule has 0 aliphatic heterocycles. The van der Waals surface area contributed by atoms with Gasteiger partial charge in [-0.05, 0) is 17.7 Å². The number of hydrogen-bond donors (Lipinski definition) is 0. The minimum Gasteiger partial charge on any atom is -0.468 e. The Morgan fingerprint density at radius 2 is 1.72 bits per heavy atom. The van der Waals surface area contributed by atoms with Gasteiger partial charge in [0.1, 0.15) is 11.4 Å². The monoisotopic (exact) mass is 465 g/mol. The average molecular weight is 467 g/mol. The van der Waals surface area contributed by atoms with Crippen LogP contribution in [0.4, 0.5) is 0 Å². The molecule has 0 radical (unpaired) electrons. The Kier molecular flexibility index (Phi) is 6.87. The molecule has 0 unspecified atom stereocenters. The van der Waals surface area contributed by atoms with Crippen LogP contribution in [0.15, 0.2) is 51.8 Å². The summed E-state index contributed by atoms with van der Waals surface area (Å²) in [5.74, 6) is -0.691. The van der Waals surface area contributed by atoms with Crippen LogP contribution in [-0.2, 0) is 26.1 Å². The van der Waals surface area contributed by atoms with Crippen molar-refractivity contribution in [1.82, 2.24) is 4.31 Å². The second-order valence-electron chi connectivity index (χ2n) is 5.03. The Hall–Kier alpha value is -1.12. The van der Waals surface area contributed by atoms with Crippen molar-refractivity contribution in [2.24, 2.45) is 0 Å². The van der Waals surface area contributed by atoms with Crippen molar-refractivity contribution in [3.8, 4) is 0 Å². The highest BCUT2D eigenvalue weighted by Gasteiger charge is 2.31. The molecule has 0 spiro atoms. The number of rotatable bonds is 6. The Bertz CT molecular complexity index is 852. The highest BCUT2D eigenvalue weighted by Crippen LogP contribution is 2.35. The van der Waals surface area contributed by atoms with Gasteiger partial charge in [-0.1, -0.05) is 69.5 Å². The molecular weight excluding hydrogens is 453 g/mol. The molecule has 5 nitrogen and oxygen atoms in total. The zero-order valence-corrected chi connectivity index (χ0v) is 17.0. The number of esters is 1. The third-order valence-electron chi connectivity index (χ3n) is 3.30. The number of ether oxygens (including phenoxy) is 1. The van der Waals surface area contributed by atoms with Crippen LogP contribution in [0.2, 0.25) is 10.0 Å². The lowest BCUT2D eigenvalue weighted by molar-refractivity contribution is -0.140. The summed E-state index contributed by atoms with van der Waals surface area (Å²) in [4.78, 5) is 11.5. The second-order valence-corrected chi connectivity index (χ2v) is 8.64. The van der Waals surface area contributed by atoms with Crippen LogP contribution in [0.1, 0.15) is 5.56 Å². The molecule has 0 bridgehead atoms. The maximum Gasteiger partial charge on any atom is 0.321 e. The summed E-state index contributed by atoms with van der Waals surface area (Å²) in [5, 5.41) is -0.0791. The first-order chi connectivity index (χ1) is 11.8. The van der Waals surface area contributed by atoms with E-state index in [0.717, 1.165) is 4.31 Å². The van der Waals surface area contributed by atoms with Gasteiger partial charge in [0.05, 0.1) is 17.2 Å². The first kappa shape index (κ1) is 20.2. The van der Waals surface area contributed by atoms with Crippen molar-refractivity contribution >= 4 is 55.1 Å². The smallest absolute Gasteiger partial charge is 0.321 e. The van der Waals surface area contributed by atoms with Crippen molar-refractivity contribution in [3.05, 3.63) is 62.5 Å². The summed E-state index contributed by atoms with van der Waals surface area (Å²) in [6.45, 7) is -0.489. The molecule has 0 saturated carbocycles. The van der Waals surface area contributed by atoms with Gasteiger partial charge in [0.25, 0.3) is 0 Å². The van der Waals surface area contributed by atoms with Crippen LogP contribution in [0.3, 0.4) is 0 Å². The van der Waals surface area contributed by atoms with E-state index in [1.807, 2.05) is 6.07 Å². The molecule has 134 valence electrons. The van der Waals surface area contributed by atoms with Gasteiger partial charge in [-0.15, -0.1) is 0 Å². The normalized spacial score (nSPS) is 11.6. The maximum atomic E-state index is 13.1. The van der Waals surface area contributed by atoms with E-state index in [-0.39, 0.29) is 21.5 Å². The third kappa shape index (κ3) is 4.95. The quantitative estimate of drug-likeness (QED) is 0.600. The standard InChI is InChI=1S/C16H14BrCl2NO4S/c1-24-15(21)10-20(9-11-5-3-2-4-6-11)25(22,23)16-13(18)7-12(17)8-14(16)19/h2-8H,9-10H2,1H3. The molecule has 0 amide bonds. The summed E-state index contributed by atoms with van der Waals surface area (Å²) < 4.78 is 32.3. The van der Waals surface area contributed by atoms with Crippen LogP contribution in [0.5, 0.6) is 0 Å². The third-order valence-corrected chi connectivity index (χ3v) is 6.47. The summed E-state index contributed by atoms with van der Waals surface area (Å²) >= 11 is 15.4. The maximum absolute atomic E-state index is 13.1. The van der Waals surface area contributed by atoms with Gasteiger partial charge in [-0.2, -0.15) is 4.31 Å². The molecule has 0 atom stereocenters. The fraction of sp³-hybridized carbons (Fsp3) is 0.188. The van der Waals surface area contributed by atoms with Gasteiger partial charge >= 0.3 is 5.97 Å². The molecular formula is C16H14BrCl2NO4S. The molecule has 0 aliphatic rings. The van der Waals surface area contributed by atoms with Crippen molar-refractivity contribution in [2.75, 3.05) is 13.7 Å². The van der Waals surface area contributed by atoms with Crippen molar-refractivity contribution in [1.29, 1.82) is 0 Å². The van der Waals surface area contributed by atoms with Gasteiger partial charge in [0.2, 0.25) is 10.0 Å². The topological polar surface area (TPSA) is 63.7 Å². The Morgan fingerprint density at radius 1 is 1.16 bits per heavy atom. The predicted molar refractivity (Wildman–Crippen MR) is 100 cm³/mol. The lowest BCUT2D eigenvalue weighted by Crippen LogP contribution is -2.36. The van der Waals surface area contributed by atoms with E-state index in [1.165, 1.54) is 19.2 Å². The van der Waals surface area contributed by atoms with Crippen LogP contribution < -0.4 is 0 Å². The number of carbonyl (C=O) groups excluding carboxylic acids is 1. The zero-order valence-electron chi connectivity index (χ0n) is 13.1. The first-order valence-corrected chi connectivity index (χ1v) is 10.00. The molecule has 2 rings (SSSR count). The van der Waals surface area contributed by atoms with Gasteiger partial charge in [-0.3, -0.25) is 4.79 Å². The van der Waals surface area contributed by atoms with Crippen LogP contribution >= 0.6 is 39.1 Å². The molecule has 0 aromatic heterocycles. The van der Waals surface area contributed by atoms with Crippen LogP contribution in [0, 0.1) is 0 Å². The lowest BCUT2D eigenvalue weighted by atomic mass is 10.2. The number of sulfonamides is 1. The number of methoxy groups -OCH3 is 1. The van der Waals surface area contributed by atoms with E-state index in [2.05, 4.69) is 20.7 Å². The summed E-state index contributed by atoms with van der Waals surface area (Å²) in [6, 6.07) is 11.7. The number of nitrogens with zero attached hydrogens (tertiary/aromatic N) is 1. The molecule has 9 heteroatoms. The SMILES string of the molecule is COC(=O)CN(Cc1ccccc1)S(=O)(=O)c1c(Cl)cc(Br)cc1Cl. The second kappa shape index (κ2) is 8.51. The molecule has 0 N–H and O–H groups in total. The zero-order chi connectivity index (χ0) is 18.6. The molecule has 2 aromatic carbocycles. The molecule has 0 aliphatic carbocycles. The Balaban J connectivity index is 2.50. The van der Waals surface area contributed by atoms with Crippen molar-refractivity contribution in [2.45, 2.75) is 11.4 Å². The number of hydrogen-bond acceptors (Lipinski definition) is 4. The van der Waals surface area contributed by atoms with E-state index in [0.29, 0.717) is 10.0 Å². The first-order valence-electron chi connectivity index (χ1n) is 7.01. The van der Waals surface area contributed by atoms with Crippen LogP contribution in [-0.4, -0.2) is 32.3 Å². The average Bonchev–Trinajstić information content (AvgIpc) is 2.53. The highest BCUT2D eigenvalue weighted by atomic mass is 79.9. The molecule has 0 saturated heterocycles. The summed E-state index contributed by atoms with van der Waals surface area (Å²) in [7, 11) is -2.95. The van der Waals surface area contributed by atoms with Crippen molar-refractivity contribution < 1.29 is 17.9 Å². The van der Waals surface area contributed by atoms with Gasteiger partial charge in [0, 0.05) is 11.0 Å². The van der Waals surface area contributed by atoms with E-state index >= 15 is 0 Å². The van der Waals surface area contributed by atoms with E-state index in [1.54, 1.807) is 24.3 Å². The molecule has 25 heavy (non-hydrogen) atoms. The van der Waals surface area contributed by atoms with Crippen molar-refractivity contribution in [3.63, 3.8) is 0 Å². The number of carbonyl (C=O) groups is 1. The Morgan fingerprint density at radius 3 is 2.24 bits per heavy atom. The van der Waals surface area contributed by atoms with Gasteiger partial charge in [-0.25, -0.2) is 8.42 Å². The largest absolute Gasteiger partial charge is 0.468 e. The summed E-state index contributed by atoms with van der Waals surface area (Å²) in [5.41, 5.74) is 0.708. The Labute approximate surface area is 164 Å². The number of halogens is 3. The fourth-order valence-corrected chi connectivity index (χ4v) is 5.38. The molecule has 0 fully saturated rings. The minimum atomic E-state index is -4.13. The highest BCUT2D eigenvalue weighted by molar-refractivity contribution is 9.10. The number of benzene rings is 2. The van der Waals surface area contributed by atoms with E-state index in [9.17, 15) is 13.2 Å². The van der Waals surface area contributed by atoms with E-state index < -0.39 is 22.5 Å². The summed E-state index contributed by atoms with van der Waals surface area (Å²) in [6.07, 6.45) is 0. The van der Waals surface area contributed by atoms with Crippen LogP contribution in [0.25, 0.3) is 0 Å². The lowest BCUT2D eigenvalue weighted by Gasteiger charge is -2.22. The minimum absolute atomic E-state index is 0.0268. The fourth-order valence-electron chi connectivity index (χ4n) is 2.13. The van der Waals surface area contributed by atoms with Gasteiger partial charge < -0.3 is 4.74 Å². The predicted octanol–water partition coefficient (Wildman–Crippen LogP) is 4.12. The molecule has 2 aromatic rings. The van der Waals surface area contributed by atoms with E-state index in [4.69, 9.17) is 23.2 Å². The van der Waals surface area contributed by atoms with Gasteiger partial charge in [0.15, 0.2) is 0 Å².